The number of hydrogen-bond donors (Lipinski definition) is 0. The fourth-order valence-electron chi connectivity index (χ4n) is 4.86. The maximum absolute atomic E-state index is 13.8. The van der Waals surface area contributed by atoms with Crippen molar-refractivity contribution >= 4 is 16.9 Å². The van der Waals surface area contributed by atoms with Crippen molar-refractivity contribution in [3.8, 4) is 11.5 Å². The van der Waals surface area contributed by atoms with Gasteiger partial charge in [-0.05, 0) is 69.0 Å². The Morgan fingerprint density at radius 2 is 1.68 bits per heavy atom. The third-order valence-corrected chi connectivity index (χ3v) is 6.30. The van der Waals surface area contributed by atoms with E-state index in [9.17, 15) is 9.59 Å². The lowest BCUT2D eigenvalue weighted by Gasteiger charge is -2.26. The highest BCUT2D eigenvalue weighted by Gasteiger charge is 2.42. The summed E-state index contributed by atoms with van der Waals surface area (Å²) in [7, 11) is 0. The molecule has 0 fully saturated rings. The summed E-state index contributed by atoms with van der Waals surface area (Å²) in [5, 5.41) is 0.536. The lowest BCUT2D eigenvalue weighted by atomic mass is 9.96. The average Bonchev–Trinajstić information content (AvgIpc) is 3.07. The molecule has 0 N–H and O–H groups in total. The molecule has 6 nitrogen and oxygen atoms in total. The molecule has 0 spiro atoms. The lowest BCUT2D eigenvalue weighted by molar-refractivity contribution is 0.0724. The van der Waals surface area contributed by atoms with Crippen molar-refractivity contribution in [2.45, 2.75) is 59.9 Å². The predicted molar refractivity (Wildman–Crippen MR) is 133 cm³/mol. The minimum absolute atomic E-state index is 0.142. The van der Waals surface area contributed by atoms with Gasteiger partial charge in [0.15, 0.2) is 16.9 Å². The number of aryl methyl sites for hydroxylation is 2. The zero-order valence-corrected chi connectivity index (χ0v) is 20.7. The number of rotatable bonds is 9. The van der Waals surface area contributed by atoms with Gasteiger partial charge in [0, 0.05) is 6.54 Å². The summed E-state index contributed by atoms with van der Waals surface area (Å²) in [5.41, 5.74) is 3.38. The van der Waals surface area contributed by atoms with E-state index < -0.39 is 6.04 Å². The van der Waals surface area contributed by atoms with Gasteiger partial charge in [0.25, 0.3) is 5.91 Å². The number of unbranched alkanes of at least 4 members (excludes halogenated alkanes) is 2. The van der Waals surface area contributed by atoms with Crippen LogP contribution in [-0.4, -0.2) is 30.6 Å². The van der Waals surface area contributed by atoms with Crippen molar-refractivity contribution in [2.24, 2.45) is 0 Å². The van der Waals surface area contributed by atoms with Gasteiger partial charge in [0.1, 0.15) is 5.58 Å². The number of ether oxygens (including phenoxy) is 2. The molecular formula is C28H33NO5. The Hall–Kier alpha value is -3.28. The molecule has 34 heavy (non-hydrogen) atoms. The third kappa shape index (κ3) is 4.17. The van der Waals surface area contributed by atoms with Crippen molar-refractivity contribution in [1.82, 2.24) is 4.90 Å². The zero-order valence-electron chi connectivity index (χ0n) is 20.7. The molecule has 1 amide bonds. The van der Waals surface area contributed by atoms with Crippen LogP contribution in [0.2, 0.25) is 0 Å². The van der Waals surface area contributed by atoms with Gasteiger partial charge in [0.05, 0.1) is 30.2 Å². The highest BCUT2D eigenvalue weighted by Crippen LogP contribution is 2.41. The fourth-order valence-corrected chi connectivity index (χ4v) is 4.86. The van der Waals surface area contributed by atoms with E-state index >= 15 is 0 Å². The minimum Gasteiger partial charge on any atom is -0.490 e. The number of amides is 1. The van der Waals surface area contributed by atoms with E-state index in [-0.39, 0.29) is 17.1 Å². The topological polar surface area (TPSA) is 69.0 Å². The van der Waals surface area contributed by atoms with Crippen LogP contribution in [0.3, 0.4) is 0 Å². The van der Waals surface area contributed by atoms with Crippen LogP contribution in [-0.2, 0) is 0 Å². The summed E-state index contributed by atoms with van der Waals surface area (Å²) in [6.07, 6.45) is 2.90. The Labute approximate surface area is 200 Å². The molecular weight excluding hydrogens is 430 g/mol. The van der Waals surface area contributed by atoms with Gasteiger partial charge in [-0.1, -0.05) is 31.9 Å². The monoisotopic (exact) mass is 463 g/mol. The molecule has 1 aliphatic rings. The largest absolute Gasteiger partial charge is 0.490 e. The molecule has 180 valence electrons. The van der Waals surface area contributed by atoms with E-state index in [1.165, 1.54) is 0 Å². The van der Waals surface area contributed by atoms with E-state index in [0.717, 1.165) is 36.0 Å². The van der Waals surface area contributed by atoms with Gasteiger partial charge in [0.2, 0.25) is 5.76 Å². The van der Waals surface area contributed by atoms with Crippen LogP contribution >= 0.6 is 0 Å². The molecule has 0 saturated carbocycles. The summed E-state index contributed by atoms with van der Waals surface area (Å²) in [5.74, 6) is 1.16. The molecule has 0 saturated heterocycles. The Kier molecular flexibility index (Phi) is 6.96. The average molecular weight is 464 g/mol. The smallest absolute Gasteiger partial charge is 0.290 e. The van der Waals surface area contributed by atoms with Crippen LogP contribution in [0.25, 0.3) is 11.0 Å². The van der Waals surface area contributed by atoms with Crippen molar-refractivity contribution in [3.63, 3.8) is 0 Å². The molecule has 2 heterocycles. The summed E-state index contributed by atoms with van der Waals surface area (Å²) in [4.78, 5) is 29.2. The first kappa shape index (κ1) is 23.9. The van der Waals surface area contributed by atoms with Gasteiger partial charge in [-0.3, -0.25) is 9.59 Å². The molecule has 1 atom stereocenters. The zero-order chi connectivity index (χ0) is 24.4. The SMILES string of the molecule is CCCCCN1C(=O)c2oc3cc(C)cc(C)c3c(=O)c2C1c1ccc(OCC)c(OCC)c1. The summed E-state index contributed by atoms with van der Waals surface area (Å²) in [6.45, 7) is 11.4. The van der Waals surface area contributed by atoms with Crippen LogP contribution in [0.5, 0.6) is 11.5 Å². The number of hydrogen-bond acceptors (Lipinski definition) is 5. The Balaban J connectivity index is 1.93. The van der Waals surface area contributed by atoms with Gasteiger partial charge in [-0.2, -0.15) is 0 Å². The molecule has 0 radical (unpaired) electrons. The number of benzene rings is 2. The second kappa shape index (κ2) is 9.92. The lowest BCUT2D eigenvalue weighted by Crippen LogP contribution is -2.30. The maximum atomic E-state index is 13.8. The second-order valence-corrected chi connectivity index (χ2v) is 8.81. The van der Waals surface area contributed by atoms with Crippen LogP contribution in [0.4, 0.5) is 0 Å². The van der Waals surface area contributed by atoms with E-state index in [4.69, 9.17) is 13.9 Å². The highest BCUT2D eigenvalue weighted by atomic mass is 16.5. The Morgan fingerprint density at radius 3 is 2.38 bits per heavy atom. The summed E-state index contributed by atoms with van der Waals surface area (Å²) >= 11 is 0. The summed E-state index contributed by atoms with van der Waals surface area (Å²) < 4.78 is 17.7. The maximum Gasteiger partial charge on any atom is 0.290 e. The molecule has 4 rings (SSSR count). The standard InChI is InChI=1S/C28H33NO5/c1-6-9-10-13-29-25(19-11-12-20(32-7-2)21(16-19)33-8-3)24-26(30)23-18(5)14-17(4)15-22(23)34-27(24)28(29)31/h11-12,14-16,25H,6-10,13H2,1-5H3. The second-order valence-electron chi connectivity index (χ2n) is 8.81. The van der Waals surface area contributed by atoms with Crippen molar-refractivity contribution < 1.29 is 18.7 Å². The number of carbonyl (C=O) groups is 1. The minimum atomic E-state index is -0.532. The highest BCUT2D eigenvalue weighted by molar-refractivity contribution is 5.99. The molecule has 1 aliphatic heterocycles. The van der Waals surface area contributed by atoms with Crippen LogP contribution in [0.15, 0.2) is 39.5 Å². The van der Waals surface area contributed by atoms with Crippen molar-refractivity contribution in [1.29, 1.82) is 0 Å². The van der Waals surface area contributed by atoms with Gasteiger partial charge in [-0.25, -0.2) is 0 Å². The first-order valence-electron chi connectivity index (χ1n) is 12.2. The van der Waals surface area contributed by atoms with E-state index in [1.807, 2.05) is 58.0 Å². The number of nitrogens with zero attached hydrogens (tertiary/aromatic N) is 1. The molecule has 3 aromatic rings. The molecule has 0 aliphatic carbocycles. The first-order valence-corrected chi connectivity index (χ1v) is 12.2. The van der Waals surface area contributed by atoms with Crippen molar-refractivity contribution in [3.05, 3.63) is 68.6 Å². The summed E-state index contributed by atoms with van der Waals surface area (Å²) in [6, 6.07) is 8.93. The van der Waals surface area contributed by atoms with E-state index in [2.05, 4.69) is 6.92 Å². The normalized spacial score (nSPS) is 15.1. The van der Waals surface area contributed by atoms with E-state index in [1.54, 1.807) is 4.90 Å². The third-order valence-electron chi connectivity index (χ3n) is 6.30. The number of carbonyl (C=O) groups excluding carboxylic acids is 1. The quantitative estimate of drug-likeness (QED) is 0.367. The molecule has 6 heteroatoms. The molecule has 0 bridgehead atoms. The first-order chi connectivity index (χ1) is 16.4. The van der Waals surface area contributed by atoms with Gasteiger partial charge >= 0.3 is 0 Å². The van der Waals surface area contributed by atoms with Crippen LogP contribution in [0.1, 0.15) is 78.9 Å². The number of fused-ring (bicyclic) bond motifs is 2. The fraction of sp³-hybridized carbons (Fsp3) is 0.429. The molecule has 1 unspecified atom stereocenters. The van der Waals surface area contributed by atoms with E-state index in [0.29, 0.717) is 47.8 Å². The van der Waals surface area contributed by atoms with Crippen LogP contribution < -0.4 is 14.9 Å². The van der Waals surface area contributed by atoms with Gasteiger partial charge < -0.3 is 18.8 Å². The van der Waals surface area contributed by atoms with Crippen LogP contribution in [0, 0.1) is 13.8 Å². The van der Waals surface area contributed by atoms with Crippen molar-refractivity contribution in [2.75, 3.05) is 19.8 Å². The molecule has 1 aromatic heterocycles. The predicted octanol–water partition coefficient (Wildman–Crippen LogP) is 5.94. The Morgan fingerprint density at radius 1 is 0.941 bits per heavy atom. The van der Waals surface area contributed by atoms with Gasteiger partial charge in [-0.15, -0.1) is 0 Å². The Bertz CT molecular complexity index is 1280. The molecule has 2 aromatic carbocycles.